The van der Waals surface area contributed by atoms with Crippen LogP contribution in [0.4, 0.5) is 16.4 Å². The Morgan fingerprint density at radius 2 is 1.91 bits per heavy atom. The molecule has 1 aromatic carbocycles. The molecule has 3 aliphatic rings. The Balaban J connectivity index is 1.44. The second kappa shape index (κ2) is 9.79. The molecule has 35 heavy (non-hydrogen) atoms. The molecule has 1 aromatic heterocycles. The highest BCUT2D eigenvalue weighted by Gasteiger charge is 2.31. The van der Waals surface area contributed by atoms with Crippen molar-refractivity contribution in [3.8, 4) is 11.3 Å². The summed E-state index contributed by atoms with van der Waals surface area (Å²) in [4.78, 5) is 40.7. The lowest BCUT2D eigenvalue weighted by molar-refractivity contribution is -0.132. The standard InChI is InChI=1S/C25H33N7O3/c1-16-15-35-11-10-32(16)24-28-21-13-31(22(33)14-30(2)3)12-20(21)23(29-24)17-4-6-18(7-5-17)26-25(34)27-19-8-9-19/h4-7,16,19H,8-15H2,1-3H3,(H2,26,27,34)/t16-/m0/s1. The van der Waals surface area contributed by atoms with Crippen molar-refractivity contribution in [3.05, 3.63) is 35.5 Å². The molecule has 0 bridgehead atoms. The molecule has 2 aliphatic heterocycles. The minimum atomic E-state index is -0.179. The van der Waals surface area contributed by atoms with Crippen LogP contribution >= 0.6 is 0 Å². The number of carbonyl (C=O) groups is 2. The smallest absolute Gasteiger partial charge is 0.319 e. The zero-order valence-corrected chi connectivity index (χ0v) is 20.6. The quantitative estimate of drug-likeness (QED) is 0.654. The fraction of sp³-hybridized carbons (Fsp3) is 0.520. The minimum absolute atomic E-state index is 0.0708. The van der Waals surface area contributed by atoms with E-state index in [0.717, 1.165) is 47.6 Å². The Bertz CT molecular complexity index is 1100. The zero-order chi connectivity index (χ0) is 24.5. The summed E-state index contributed by atoms with van der Waals surface area (Å²) in [6.45, 7) is 5.41. The summed E-state index contributed by atoms with van der Waals surface area (Å²) in [5.74, 6) is 0.740. The first-order chi connectivity index (χ1) is 16.9. The molecule has 0 unspecified atom stereocenters. The second-order valence-electron chi connectivity index (χ2n) is 9.85. The van der Waals surface area contributed by atoms with Crippen LogP contribution in [0.5, 0.6) is 0 Å². The number of hydrogen-bond acceptors (Lipinski definition) is 7. The lowest BCUT2D eigenvalue weighted by Gasteiger charge is -2.33. The SMILES string of the molecule is C[C@H]1COCCN1c1nc2c(c(-c3ccc(NC(=O)NC4CC4)cc3)n1)CN(C(=O)CN(C)C)C2. The van der Waals surface area contributed by atoms with Gasteiger partial charge in [0.05, 0.1) is 50.3 Å². The normalized spacial score (nSPS) is 19.6. The first kappa shape index (κ1) is 23.5. The van der Waals surface area contributed by atoms with E-state index in [1.807, 2.05) is 48.2 Å². The van der Waals surface area contributed by atoms with E-state index < -0.39 is 0 Å². The third kappa shape index (κ3) is 5.38. The number of urea groups is 1. The molecular formula is C25H33N7O3. The summed E-state index contributed by atoms with van der Waals surface area (Å²) >= 11 is 0. The summed E-state index contributed by atoms with van der Waals surface area (Å²) in [5.41, 5.74) is 4.36. The maximum Gasteiger partial charge on any atom is 0.319 e. The van der Waals surface area contributed by atoms with Crippen molar-refractivity contribution in [2.24, 2.45) is 0 Å². The van der Waals surface area contributed by atoms with Crippen molar-refractivity contribution >= 4 is 23.6 Å². The number of fused-ring (bicyclic) bond motifs is 1. The second-order valence-corrected chi connectivity index (χ2v) is 9.85. The van der Waals surface area contributed by atoms with Gasteiger partial charge < -0.3 is 30.1 Å². The van der Waals surface area contributed by atoms with Crippen LogP contribution in [-0.2, 0) is 22.6 Å². The van der Waals surface area contributed by atoms with Crippen LogP contribution in [0.2, 0.25) is 0 Å². The van der Waals surface area contributed by atoms with Gasteiger partial charge in [-0.25, -0.2) is 14.8 Å². The summed E-state index contributed by atoms with van der Waals surface area (Å²) in [5, 5.41) is 5.82. The fourth-order valence-electron chi connectivity index (χ4n) is 4.47. The van der Waals surface area contributed by atoms with E-state index in [9.17, 15) is 9.59 Å². The van der Waals surface area contributed by atoms with Gasteiger partial charge in [-0.15, -0.1) is 0 Å². The molecule has 186 valence electrons. The van der Waals surface area contributed by atoms with E-state index in [0.29, 0.717) is 44.8 Å². The lowest BCUT2D eigenvalue weighted by atomic mass is 10.1. The van der Waals surface area contributed by atoms with Gasteiger partial charge in [-0.2, -0.15) is 0 Å². The number of carbonyl (C=O) groups excluding carboxylic acids is 2. The Hall–Kier alpha value is -3.24. The highest BCUT2D eigenvalue weighted by molar-refractivity contribution is 5.90. The van der Waals surface area contributed by atoms with Gasteiger partial charge in [-0.05, 0) is 46.0 Å². The molecule has 1 saturated heterocycles. The van der Waals surface area contributed by atoms with Crippen molar-refractivity contribution in [3.63, 3.8) is 0 Å². The van der Waals surface area contributed by atoms with Gasteiger partial charge in [-0.3, -0.25) is 4.79 Å². The predicted octanol–water partition coefficient (Wildman–Crippen LogP) is 2.06. The van der Waals surface area contributed by atoms with Gasteiger partial charge in [0, 0.05) is 29.4 Å². The highest BCUT2D eigenvalue weighted by atomic mass is 16.5. The minimum Gasteiger partial charge on any atom is -0.377 e. The monoisotopic (exact) mass is 479 g/mol. The number of nitrogens with one attached hydrogen (secondary N) is 2. The topological polar surface area (TPSA) is 103 Å². The molecule has 10 nitrogen and oxygen atoms in total. The molecule has 1 saturated carbocycles. The molecule has 2 N–H and O–H groups in total. The highest BCUT2D eigenvalue weighted by Crippen LogP contribution is 2.33. The van der Waals surface area contributed by atoms with Crippen LogP contribution in [0.25, 0.3) is 11.3 Å². The van der Waals surface area contributed by atoms with E-state index >= 15 is 0 Å². The number of morpholine rings is 1. The predicted molar refractivity (Wildman–Crippen MR) is 133 cm³/mol. The fourth-order valence-corrected chi connectivity index (χ4v) is 4.47. The molecule has 3 amide bonds. The van der Waals surface area contributed by atoms with Crippen molar-refractivity contribution in [2.45, 2.75) is 44.9 Å². The number of amides is 3. The largest absolute Gasteiger partial charge is 0.377 e. The number of ether oxygens (including phenoxy) is 1. The molecular weight excluding hydrogens is 446 g/mol. The molecule has 5 rings (SSSR count). The maximum absolute atomic E-state index is 12.8. The van der Waals surface area contributed by atoms with Gasteiger partial charge >= 0.3 is 6.03 Å². The number of likely N-dealkylation sites (N-methyl/N-ethyl adjacent to an activating group) is 1. The van der Waals surface area contributed by atoms with E-state index in [1.54, 1.807) is 0 Å². The van der Waals surface area contributed by atoms with Gasteiger partial charge in [0.2, 0.25) is 11.9 Å². The molecule has 0 radical (unpaired) electrons. The Morgan fingerprint density at radius 1 is 1.14 bits per heavy atom. The Labute approximate surface area is 205 Å². The van der Waals surface area contributed by atoms with Crippen LogP contribution < -0.4 is 15.5 Å². The molecule has 0 spiro atoms. The number of rotatable bonds is 6. The summed E-state index contributed by atoms with van der Waals surface area (Å²) in [6.07, 6.45) is 2.09. The van der Waals surface area contributed by atoms with Gasteiger partial charge in [-0.1, -0.05) is 12.1 Å². The first-order valence-corrected chi connectivity index (χ1v) is 12.2. The number of aromatic nitrogens is 2. The van der Waals surface area contributed by atoms with Crippen LogP contribution in [-0.4, -0.2) is 84.2 Å². The molecule has 1 aliphatic carbocycles. The zero-order valence-electron chi connectivity index (χ0n) is 20.6. The first-order valence-electron chi connectivity index (χ1n) is 12.2. The molecule has 2 aromatic rings. The van der Waals surface area contributed by atoms with Gasteiger partial charge in [0.25, 0.3) is 0 Å². The number of hydrogen-bond donors (Lipinski definition) is 2. The lowest BCUT2D eigenvalue weighted by Crippen LogP contribution is -2.44. The summed E-state index contributed by atoms with van der Waals surface area (Å²) in [6, 6.07) is 7.99. The van der Waals surface area contributed by atoms with E-state index in [4.69, 9.17) is 14.7 Å². The van der Waals surface area contributed by atoms with Gasteiger partial charge in [0.1, 0.15) is 0 Å². The average Bonchev–Trinajstić information content (AvgIpc) is 3.52. The molecule has 10 heteroatoms. The summed E-state index contributed by atoms with van der Waals surface area (Å²) in [7, 11) is 3.79. The van der Waals surface area contributed by atoms with Gasteiger partial charge in [0.15, 0.2) is 0 Å². The van der Waals surface area contributed by atoms with Crippen LogP contribution in [0, 0.1) is 0 Å². The van der Waals surface area contributed by atoms with E-state index in [1.165, 1.54) is 0 Å². The van der Waals surface area contributed by atoms with Crippen LogP contribution in [0.15, 0.2) is 24.3 Å². The molecule has 2 fully saturated rings. The van der Waals surface area contributed by atoms with Crippen molar-refractivity contribution in [2.75, 3.05) is 50.6 Å². The molecule has 1 atom stereocenters. The maximum atomic E-state index is 12.8. The van der Waals surface area contributed by atoms with Crippen LogP contribution in [0.1, 0.15) is 31.0 Å². The summed E-state index contributed by atoms with van der Waals surface area (Å²) < 4.78 is 5.60. The van der Waals surface area contributed by atoms with Crippen LogP contribution in [0.3, 0.4) is 0 Å². The van der Waals surface area contributed by atoms with Crippen molar-refractivity contribution in [1.29, 1.82) is 0 Å². The van der Waals surface area contributed by atoms with E-state index in [-0.39, 0.29) is 18.0 Å². The average molecular weight is 480 g/mol. The number of benzene rings is 1. The molecule has 3 heterocycles. The third-order valence-corrected chi connectivity index (χ3v) is 6.53. The van der Waals surface area contributed by atoms with Crippen molar-refractivity contribution < 1.29 is 14.3 Å². The van der Waals surface area contributed by atoms with E-state index in [2.05, 4.69) is 22.5 Å². The number of nitrogens with zero attached hydrogens (tertiary/aromatic N) is 5. The third-order valence-electron chi connectivity index (χ3n) is 6.53. The van der Waals surface area contributed by atoms with Crippen molar-refractivity contribution in [1.82, 2.24) is 25.1 Å². The Morgan fingerprint density at radius 3 is 2.60 bits per heavy atom. The number of anilines is 2. The Kier molecular flexibility index (Phi) is 6.57.